The predicted molar refractivity (Wildman–Crippen MR) is 54.7 cm³/mol. The summed E-state index contributed by atoms with van der Waals surface area (Å²) in [5, 5.41) is 8.93. The Hall–Kier alpha value is -0.250. The second-order valence-corrected chi connectivity index (χ2v) is 4.05. The van der Waals surface area contributed by atoms with Crippen molar-refractivity contribution in [2.45, 2.75) is 5.75 Å². The van der Waals surface area contributed by atoms with Crippen molar-refractivity contribution in [2.24, 2.45) is 0 Å². The highest BCUT2D eigenvalue weighted by molar-refractivity contribution is 7.98. The smallest absolute Gasteiger partial charge is 0.128 e. The normalized spacial score (nSPS) is 10.4. The number of halogens is 2. The molecular formula is C9H10ClFOS. The van der Waals surface area contributed by atoms with Crippen LogP contribution in [0, 0.1) is 5.82 Å². The molecule has 0 bridgehead atoms. The first kappa shape index (κ1) is 10.8. The summed E-state index contributed by atoms with van der Waals surface area (Å²) in [6.45, 7) is 0.125. The Morgan fingerprint density at radius 2 is 2.23 bits per heavy atom. The molecule has 0 saturated heterocycles. The zero-order valence-corrected chi connectivity index (χ0v) is 8.54. The van der Waals surface area contributed by atoms with Crippen LogP contribution >= 0.6 is 23.4 Å². The predicted octanol–water partition coefficient (Wildman–Crippen LogP) is 2.70. The van der Waals surface area contributed by atoms with E-state index in [-0.39, 0.29) is 12.4 Å². The third-order valence-corrected chi connectivity index (χ3v) is 2.73. The van der Waals surface area contributed by atoms with Crippen molar-refractivity contribution in [2.75, 3.05) is 12.4 Å². The fourth-order valence-corrected chi connectivity index (χ4v) is 1.77. The lowest BCUT2D eigenvalue weighted by molar-refractivity contribution is 0.322. The molecule has 0 aromatic heterocycles. The van der Waals surface area contributed by atoms with E-state index in [0.717, 1.165) is 0 Å². The monoisotopic (exact) mass is 220 g/mol. The Labute approximate surface area is 85.9 Å². The molecule has 13 heavy (non-hydrogen) atoms. The number of aliphatic hydroxyl groups excluding tert-OH is 1. The Morgan fingerprint density at radius 1 is 1.46 bits per heavy atom. The molecule has 0 atom stereocenters. The van der Waals surface area contributed by atoms with Crippen LogP contribution in [0.2, 0.25) is 5.02 Å². The van der Waals surface area contributed by atoms with Crippen LogP contribution in [0.1, 0.15) is 5.56 Å². The van der Waals surface area contributed by atoms with E-state index in [1.807, 2.05) is 0 Å². The van der Waals surface area contributed by atoms with Gasteiger partial charge in [-0.1, -0.05) is 17.7 Å². The van der Waals surface area contributed by atoms with Gasteiger partial charge in [0.05, 0.1) is 6.61 Å². The maximum Gasteiger partial charge on any atom is 0.128 e. The number of thioether (sulfide) groups is 1. The first-order valence-corrected chi connectivity index (χ1v) is 5.40. The van der Waals surface area contributed by atoms with Gasteiger partial charge in [0.1, 0.15) is 5.82 Å². The van der Waals surface area contributed by atoms with Gasteiger partial charge in [-0.05, 0) is 17.7 Å². The Balaban J connectivity index is 2.56. The largest absolute Gasteiger partial charge is 0.396 e. The van der Waals surface area contributed by atoms with E-state index in [0.29, 0.717) is 22.1 Å². The van der Waals surface area contributed by atoms with Gasteiger partial charge in [0.25, 0.3) is 0 Å². The number of rotatable bonds is 4. The van der Waals surface area contributed by atoms with Crippen molar-refractivity contribution >= 4 is 23.4 Å². The second kappa shape index (κ2) is 5.47. The van der Waals surface area contributed by atoms with Gasteiger partial charge < -0.3 is 5.11 Å². The zero-order valence-electron chi connectivity index (χ0n) is 6.96. The maximum absolute atomic E-state index is 13.1. The Kier molecular flexibility index (Phi) is 4.56. The van der Waals surface area contributed by atoms with E-state index in [9.17, 15) is 4.39 Å². The fourth-order valence-electron chi connectivity index (χ4n) is 0.885. The standard InChI is InChI=1S/C9H10ClFOS/c10-8-2-1-7(9(11)5-8)6-13-4-3-12/h1-2,5,12H,3-4,6H2. The van der Waals surface area contributed by atoms with Crippen molar-refractivity contribution in [3.63, 3.8) is 0 Å². The van der Waals surface area contributed by atoms with E-state index in [2.05, 4.69) is 0 Å². The zero-order chi connectivity index (χ0) is 9.68. The first-order valence-electron chi connectivity index (χ1n) is 3.86. The van der Waals surface area contributed by atoms with E-state index >= 15 is 0 Å². The highest BCUT2D eigenvalue weighted by atomic mass is 35.5. The number of hydrogen-bond donors (Lipinski definition) is 1. The molecule has 1 nitrogen and oxygen atoms in total. The minimum atomic E-state index is -0.280. The molecule has 0 aliphatic carbocycles. The summed E-state index contributed by atoms with van der Waals surface area (Å²) in [6, 6.07) is 4.64. The summed E-state index contributed by atoms with van der Waals surface area (Å²) in [6.07, 6.45) is 0. The average molecular weight is 221 g/mol. The van der Waals surface area contributed by atoms with Crippen LogP contribution in [0.5, 0.6) is 0 Å². The van der Waals surface area contributed by atoms with Gasteiger partial charge in [0.2, 0.25) is 0 Å². The van der Waals surface area contributed by atoms with Crippen LogP contribution < -0.4 is 0 Å². The molecule has 4 heteroatoms. The topological polar surface area (TPSA) is 20.2 Å². The summed E-state index contributed by atoms with van der Waals surface area (Å²) >= 11 is 7.08. The quantitative estimate of drug-likeness (QED) is 0.788. The maximum atomic E-state index is 13.1. The fraction of sp³-hybridized carbons (Fsp3) is 0.333. The van der Waals surface area contributed by atoms with Crippen LogP contribution in [0.3, 0.4) is 0 Å². The average Bonchev–Trinajstić information content (AvgIpc) is 2.09. The lowest BCUT2D eigenvalue weighted by Gasteiger charge is -2.02. The van der Waals surface area contributed by atoms with E-state index in [1.165, 1.54) is 17.8 Å². The molecule has 0 radical (unpaired) electrons. The summed E-state index contributed by atoms with van der Waals surface area (Å²) in [7, 11) is 0. The molecule has 0 heterocycles. The first-order chi connectivity index (χ1) is 6.24. The summed E-state index contributed by atoms with van der Waals surface area (Å²) in [5.41, 5.74) is 0.628. The molecular weight excluding hydrogens is 211 g/mol. The van der Waals surface area contributed by atoms with Crippen molar-refractivity contribution < 1.29 is 9.50 Å². The molecule has 0 spiro atoms. The van der Waals surface area contributed by atoms with Crippen LogP contribution in [0.25, 0.3) is 0 Å². The van der Waals surface area contributed by atoms with Crippen LogP contribution in [0.15, 0.2) is 18.2 Å². The molecule has 1 aromatic rings. The SMILES string of the molecule is OCCSCc1ccc(Cl)cc1F. The lowest BCUT2D eigenvalue weighted by atomic mass is 10.2. The molecule has 1 aromatic carbocycles. The van der Waals surface area contributed by atoms with E-state index in [1.54, 1.807) is 12.1 Å². The van der Waals surface area contributed by atoms with Gasteiger partial charge in [0.15, 0.2) is 0 Å². The highest BCUT2D eigenvalue weighted by Crippen LogP contribution is 2.18. The minimum Gasteiger partial charge on any atom is -0.396 e. The molecule has 0 fully saturated rings. The molecule has 1 N–H and O–H groups in total. The van der Waals surface area contributed by atoms with Crippen molar-refractivity contribution in [1.29, 1.82) is 0 Å². The second-order valence-electron chi connectivity index (χ2n) is 2.51. The number of aliphatic hydroxyl groups is 1. The van der Waals surface area contributed by atoms with Gasteiger partial charge >= 0.3 is 0 Å². The van der Waals surface area contributed by atoms with E-state index in [4.69, 9.17) is 16.7 Å². The van der Waals surface area contributed by atoms with Gasteiger partial charge in [0, 0.05) is 16.5 Å². The molecule has 0 amide bonds. The summed E-state index contributed by atoms with van der Waals surface area (Å²) in [5.74, 6) is 0.920. The Bertz CT molecular complexity index is 280. The number of benzene rings is 1. The molecule has 72 valence electrons. The van der Waals surface area contributed by atoms with Gasteiger partial charge in [-0.2, -0.15) is 11.8 Å². The van der Waals surface area contributed by atoms with Crippen LogP contribution in [-0.2, 0) is 5.75 Å². The molecule has 0 aliphatic rings. The number of hydrogen-bond acceptors (Lipinski definition) is 2. The van der Waals surface area contributed by atoms with Crippen molar-refractivity contribution in [1.82, 2.24) is 0 Å². The third-order valence-electron chi connectivity index (χ3n) is 1.51. The molecule has 0 saturated carbocycles. The van der Waals surface area contributed by atoms with Gasteiger partial charge in [-0.25, -0.2) is 4.39 Å². The van der Waals surface area contributed by atoms with Gasteiger partial charge in [-0.15, -0.1) is 0 Å². The van der Waals surface area contributed by atoms with Crippen LogP contribution in [-0.4, -0.2) is 17.5 Å². The van der Waals surface area contributed by atoms with Gasteiger partial charge in [-0.3, -0.25) is 0 Å². The van der Waals surface area contributed by atoms with E-state index < -0.39 is 0 Å². The molecule has 0 unspecified atom stereocenters. The van der Waals surface area contributed by atoms with Crippen molar-refractivity contribution in [3.05, 3.63) is 34.6 Å². The summed E-state index contributed by atoms with van der Waals surface area (Å²) in [4.78, 5) is 0. The Morgan fingerprint density at radius 3 is 2.85 bits per heavy atom. The molecule has 0 aliphatic heterocycles. The highest BCUT2D eigenvalue weighted by Gasteiger charge is 2.02. The molecule has 1 rings (SSSR count). The lowest BCUT2D eigenvalue weighted by Crippen LogP contribution is -1.91. The van der Waals surface area contributed by atoms with Crippen molar-refractivity contribution in [3.8, 4) is 0 Å². The third kappa shape index (κ3) is 3.55. The summed E-state index contributed by atoms with van der Waals surface area (Å²) < 4.78 is 13.1. The minimum absolute atomic E-state index is 0.125. The van der Waals surface area contributed by atoms with Crippen LogP contribution in [0.4, 0.5) is 4.39 Å².